The van der Waals surface area contributed by atoms with E-state index >= 15 is 0 Å². The van der Waals surface area contributed by atoms with Crippen LogP contribution in [0.5, 0.6) is 0 Å². The first kappa shape index (κ1) is 14.7. The Bertz CT molecular complexity index is 215. The fourth-order valence-corrected chi connectivity index (χ4v) is 1.96. The molecule has 1 N–H and O–H groups in total. The summed E-state index contributed by atoms with van der Waals surface area (Å²) in [6.07, 6.45) is -2.40. The molecule has 1 saturated heterocycles. The van der Waals surface area contributed by atoms with Gasteiger partial charge in [-0.3, -0.25) is 4.90 Å². The lowest BCUT2D eigenvalue weighted by molar-refractivity contribution is -0.148. The molecule has 0 spiro atoms. The zero-order chi connectivity index (χ0) is 12.9. The Morgan fingerprint density at radius 1 is 1.35 bits per heavy atom. The van der Waals surface area contributed by atoms with Crippen molar-refractivity contribution in [2.45, 2.75) is 38.1 Å². The quantitative estimate of drug-likeness (QED) is 0.807. The van der Waals surface area contributed by atoms with Gasteiger partial charge in [-0.2, -0.15) is 13.2 Å². The summed E-state index contributed by atoms with van der Waals surface area (Å²) < 4.78 is 41.6. The number of ether oxygens (including phenoxy) is 1. The summed E-state index contributed by atoms with van der Waals surface area (Å²) in [7, 11) is 1.65. The first-order valence-corrected chi connectivity index (χ1v) is 5.96. The fraction of sp³-hybridized carbons (Fsp3) is 1.00. The predicted octanol–water partition coefficient (Wildman–Crippen LogP) is 1.64. The number of alkyl halides is 3. The summed E-state index contributed by atoms with van der Waals surface area (Å²) in [5.74, 6) is 0. The molecule has 1 heterocycles. The van der Waals surface area contributed by atoms with E-state index in [4.69, 9.17) is 4.74 Å². The number of nitrogens with one attached hydrogen (secondary N) is 1. The molecule has 0 aromatic rings. The summed E-state index contributed by atoms with van der Waals surface area (Å²) in [5.41, 5.74) is 0. The highest BCUT2D eigenvalue weighted by Gasteiger charge is 2.32. The zero-order valence-electron chi connectivity index (χ0n) is 10.4. The van der Waals surface area contributed by atoms with E-state index in [1.165, 1.54) is 4.90 Å². The van der Waals surface area contributed by atoms with Gasteiger partial charge in [-0.05, 0) is 32.9 Å². The number of halogens is 3. The third-order valence-corrected chi connectivity index (χ3v) is 3.09. The second kappa shape index (κ2) is 6.56. The lowest BCUT2D eigenvalue weighted by Crippen LogP contribution is -2.46. The van der Waals surface area contributed by atoms with E-state index in [0.29, 0.717) is 19.1 Å². The summed E-state index contributed by atoms with van der Waals surface area (Å²) in [6.45, 7) is 2.96. The maximum Gasteiger partial charge on any atom is 0.401 e. The summed E-state index contributed by atoms with van der Waals surface area (Å²) >= 11 is 0. The lowest BCUT2D eigenvalue weighted by Gasteiger charge is -2.33. The Balaban J connectivity index is 2.17. The van der Waals surface area contributed by atoms with Crippen molar-refractivity contribution in [2.24, 2.45) is 0 Å². The van der Waals surface area contributed by atoms with Crippen molar-refractivity contribution < 1.29 is 17.9 Å². The van der Waals surface area contributed by atoms with E-state index in [1.807, 2.05) is 6.92 Å². The van der Waals surface area contributed by atoms with Gasteiger partial charge in [0.05, 0.1) is 12.6 Å². The minimum absolute atomic E-state index is 0.142. The van der Waals surface area contributed by atoms with Crippen LogP contribution in [0.2, 0.25) is 0 Å². The highest BCUT2D eigenvalue weighted by atomic mass is 19.4. The monoisotopic (exact) mass is 254 g/mol. The first-order chi connectivity index (χ1) is 7.90. The zero-order valence-corrected chi connectivity index (χ0v) is 10.4. The molecule has 0 amide bonds. The maximum atomic E-state index is 12.2. The van der Waals surface area contributed by atoms with Gasteiger partial charge in [-0.15, -0.1) is 0 Å². The average Bonchev–Trinajstić information content (AvgIpc) is 2.25. The molecule has 1 fully saturated rings. The van der Waals surface area contributed by atoms with E-state index in [2.05, 4.69) is 5.32 Å². The van der Waals surface area contributed by atoms with Crippen LogP contribution in [-0.4, -0.2) is 56.5 Å². The van der Waals surface area contributed by atoms with Crippen molar-refractivity contribution >= 4 is 0 Å². The van der Waals surface area contributed by atoms with Gasteiger partial charge in [-0.25, -0.2) is 0 Å². The molecule has 0 bridgehead atoms. The highest BCUT2D eigenvalue weighted by Crippen LogP contribution is 2.19. The number of rotatable bonds is 5. The third kappa shape index (κ3) is 6.24. The van der Waals surface area contributed by atoms with Crippen molar-refractivity contribution in [3.8, 4) is 0 Å². The van der Waals surface area contributed by atoms with Gasteiger partial charge in [0, 0.05) is 19.7 Å². The van der Waals surface area contributed by atoms with Gasteiger partial charge >= 0.3 is 6.18 Å². The first-order valence-electron chi connectivity index (χ1n) is 5.96. The van der Waals surface area contributed by atoms with Crippen LogP contribution in [-0.2, 0) is 4.74 Å². The molecule has 1 aliphatic rings. The fourth-order valence-electron chi connectivity index (χ4n) is 1.96. The second-order valence-corrected chi connectivity index (χ2v) is 4.62. The number of hydrogen-bond acceptors (Lipinski definition) is 3. The largest absolute Gasteiger partial charge is 0.401 e. The van der Waals surface area contributed by atoms with Gasteiger partial charge in [0.2, 0.25) is 0 Å². The molecule has 0 radical (unpaired) electrons. The number of piperidine rings is 1. The van der Waals surface area contributed by atoms with Crippen LogP contribution in [0.1, 0.15) is 19.8 Å². The van der Waals surface area contributed by atoms with E-state index < -0.39 is 12.7 Å². The van der Waals surface area contributed by atoms with Gasteiger partial charge < -0.3 is 10.1 Å². The molecule has 1 unspecified atom stereocenters. The number of methoxy groups -OCH3 is 1. The third-order valence-electron chi connectivity index (χ3n) is 3.09. The molecule has 0 saturated carbocycles. The van der Waals surface area contributed by atoms with E-state index in [-0.39, 0.29) is 6.10 Å². The van der Waals surface area contributed by atoms with Crippen molar-refractivity contribution in [1.82, 2.24) is 10.2 Å². The van der Waals surface area contributed by atoms with Gasteiger partial charge in [0.1, 0.15) is 0 Å². The van der Waals surface area contributed by atoms with Crippen molar-refractivity contribution in [2.75, 3.05) is 33.3 Å². The molecule has 102 valence electrons. The average molecular weight is 254 g/mol. The van der Waals surface area contributed by atoms with Gasteiger partial charge in [0.25, 0.3) is 0 Å². The van der Waals surface area contributed by atoms with E-state index in [9.17, 15) is 13.2 Å². The Kier molecular flexibility index (Phi) is 5.69. The Morgan fingerprint density at radius 2 is 1.94 bits per heavy atom. The van der Waals surface area contributed by atoms with E-state index in [1.54, 1.807) is 7.11 Å². The van der Waals surface area contributed by atoms with Crippen LogP contribution in [0.25, 0.3) is 0 Å². The lowest BCUT2D eigenvalue weighted by atomic mass is 10.0. The molecule has 17 heavy (non-hydrogen) atoms. The molecule has 1 aliphatic heterocycles. The molecule has 0 aromatic heterocycles. The van der Waals surface area contributed by atoms with Crippen LogP contribution >= 0.6 is 0 Å². The van der Waals surface area contributed by atoms with Crippen LogP contribution in [0.4, 0.5) is 13.2 Å². The molecular formula is C11H21F3N2O. The SMILES string of the molecule is COC(C)CNC1CCN(CC(F)(F)F)CC1. The molecule has 1 rings (SSSR count). The second-order valence-electron chi connectivity index (χ2n) is 4.62. The van der Waals surface area contributed by atoms with Crippen LogP contribution in [0.15, 0.2) is 0 Å². The minimum Gasteiger partial charge on any atom is -0.380 e. The Hall–Kier alpha value is -0.330. The topological polar surface area (TPSA) is 24.5 Å². The van der Waals surface area contributed by atoms with Gasteiger partial charge in [0.15, 0.2) is 0 Å². The normalized spacial score (nSPS) is 21.7. The van der Waals surface area contributed by atoms with E-state index in [0.717, 1.165) is 19.4 Å². The standard InChI is InChI=1S/C11H21F3N2O/c1-9(17-2)7-15-10-3-5-16(6-4-10)8-11(12,13)14/h9-10,15H,3-8H2,1-2H3. The summed E-state index contributed by atoms with van der Waals surface area (Å²) in [4.78, 5) is 1.47. The number of likely N-dealkylation sites (tertiary alicyclic amines) is 1. The molecule has 0 aromatic carbocycles. The number of hydrogen-bond donors (Lipinski definition) is 1. The predicted molar refractivity (Wildman–Crippen MR) is 60.0 cm³/mol. The van der Waals surface area contributed by atoms with Crippen molar-refractivity contribution in [3.05, 3.63) is 0 Å². The summed E-state index contributed by atoms with van der Waals surface area (Å²) in [5, 5.41) is 3.32. The van der Waals surface area contributed by atoms with Crippen LogP contribution in [0.3, 0.4) is 0 Å². The molecule has 0 aliphatic carbocycles. The van der Waals surface area contributed by atoms with Crippen LogP contribution < -0.4 is 5.32 Å². The van der Waals surface area contributed by atoms with Crippen LogP contribution in [0, 0.1) is 0 Å². The van der Waals surface area contributed by atoms with Crippen molar-refractivity contribution in [1.29, 1.82) is 0 Å². The highest BCUT2D eigenvalue weighted by molar-refractivity contribution is 4.78. The molecule has 3 nitrogen and oxygen atoms in total. The van der Waals surface area contributed by atoms with Crippen molar-refractivity contribution in [3.63, 3.8) is 0 Å². The molecule has 1 atom stereocenters. The smallest absolute Gasteiger partial charge is 0.380 e. The summed E-state index contributed by atoms with van der Waals surface area (Å²) in [6, 6.07) is 0.317. The maximum absolute atomic E-state index is 12.2. The molecular weight excluding hydrogens is 233 g/mol. The molecule has 6 heteroatoms. The Morgan fingerprint density at radius 3 is 2.41 bits per heavy atom. The Labute approximate surface area is 100 Å². The number of nitrogens with zero attached hydrogens (tertiary/aromatic N) is 1. The minimum atomic E-state index is -4.08. The van der Waals surface area contributed by atoms with Gasteiger partial charge in [-0.1, -0.05) is 0 Å².